The molecule has 0 radical (unpaired) electrons. The fourth-order valence-corrected chi connectivity index (χ4v) is 4.50. The Kier molecular flexibility index (Phi) is 5.02. The Labute approximate surface area is 165 Å². The molecular weight excluding hydrogens is 382 g/mol. The van der Waals surface area contributed by atoms with Crippen molar-refractivity contribution in [2.75, 3.05) is 13.1 Å². The Morgan fingerprint density at radius 2 is 1.75 bits per heavy atom. The van der Waals surface area contributed by atoms with E-state index in [-0.39, 0.29) is 6.10 Å². The summed E-state index contributed by atoms with van der Waals surface area (Å²) in [6.07, 6.45) is 1.11. The van der Waals surface area contributed by atoms with Crippen molar-refractivity contribution in [1.82, 2.24) is 9.88 Å². The van der Waals surface area contributed by atoms with Crippen LogP contribution in [0.2, 0.25) is 0 Å². The van der Waals surface area contributed by atoms with E-state index in [1.54, 1.807) is 0 Å². The van der Waals surface area contributed by atoms with E-state index in [0.717, 1.165) is 27.9 Å². The van der Waals surface area contributed by atoms with Gasteiger partial charge in [-0.05, 0) is 37.1 Å². The van der Waals surface area contributed by atoms with E-state index >= 15 is 0 Å². The second kappa shape index (κ2) is 7.47. The summed E-state index contributed by atoms with van der Waals surface area (Å²) in [7, 11) is 0. The van der Waals surface area contributed by atoms with Crippen LogP contribution in [0.1, 0.15) is 34.3 Å². The summed E-state index contributed by atoms with van der Waals surface area (Å²) in [5.74, 6) is -2.27. The van der Waals surface area contributed by atoms with Gasteiger partial charge in [0.15, 0.2) is 0 Å². The van der Waals surface area contributed by atoms with Gasteiger partial charge in [-0.15, -0.1) is 0 Å². The molecule has 0 atom stereocenters. The van der Waals surface area contributed by atoms with Gasteiger partial charge in [0.2, 0.25) is 0 Å². The van der Waals surface area contributed by atoms with Crippen LogP contribution >= 0.6 is 11.3 Å². The number of carbonyl (C=O) groups is 1. The van der Waals surface area contributed by atoms with Gasteiger partial charge in [0.1, 0.15) is 23.3 Å². The van der Waals surface area contributed by atoms with Gasteiger partial charge >= 0.3 is 0 Å². The summed E-state index contributed by atoms with van der Waals surface area (Å²) in [4.78, 5) is 18.6. The highest BCUT2D eigenvalue weighted by molar-refractivity contribution is 7.20. The van der Waals surface area contributed by atoms with Crippen LogP contribution in [0.4, 0.5) is 8.78 Å². The van der Waals surface area contributed by atoms with E-state index < -0.39 is 23.1 Å². The first-order valence-electron chi connectivity index (χ1n) is 9.20. The highest BCUT2D eigenvalue weighted by Gasteiger charge is 2.28. The highest BCUT2D eigenvalue weighted by atomic mass is 32.1. The van der Waals surface area contributed by atoms with Crippen molar-refractivity contribution in [3.63, 3.8) is 0 Å². The second-order valence-electron chi connectivity index (χ2n) is 7.06. The minimum atomic E-state index is -0.830. The number of piperidine rings is 1. The van der Waals surface area contributed by atoms with Gasteiger partial charge in [-0.2, -0.15) is 0 Å². The monoisotopic (exact) mass is 402 g/mol. The first-order valence-corrected chi connectivity index (χ1v) is 10.0. The lowest BCUT2D eigenvalue weighted by molar-refractivity contribution is 0.0587. The third kappa shape index (κ3) is 3.46. The number of nitrogens with zero attached hydrogens (tertiary/aromatic N) is 2. The Bertz CT molecular complexity index is 983. The lowest BCUT2D eigenvalue weighted by Gasteiger charge is -2.31. The third-order valence-electron chi connectivity index (χ3n) is 5.10. The molecule has 3 aromatic rings. The summed E-state index contributed by atoms with van der Waals surface area (Å²) < 4.78 is 34.9. The number of fused-ring (bicyclic) bond motifs is 1. The largest absolute Gasteiger partial charge is 0.467 e. The normalized spacial score (nSPS) is 15.2. The average Bonchev–Trinajstić information content (AvgIpc) is 3.10. The van der Waals surface area contributed by atoms with Crippen molar-refractivity contribution in [2.24, 2.45) is 0 Å². The van der Waals surface area contributed by atoms with Crippen molar-refractivity contribution in [3.05, 3.63) is 58.7 Å². The van der Waals surface area contributed by atoms with Crippen molar-refractivity contribution < 1.29 is 18.3 Å². The van der Waals surface area contributed by atoms with E-state index in [1.165, 1.54) is 27.9 Å². The molecule has 0 spiro atoms. The maximum atomic E-state index is 13.9. The molecule has 146 valence electrons. The molecule has 1 fully saturated rings. The molecule has 0 bridgehead atoms. The van der Waals surface area contributed by atoms with Crippen molar-refractivity contribution >= 4 is 27.5 Å². The smallest absolute Gasteiger partial charge is 0.274 e. The van der Waals surface area contributed by atoms with Crippen LogP contribution in [0.5, 0.6) is 5.19 Å². The van der Waals surface area contributed by atoms with Crippen molar-refractivity contribution in [1.29, 1.82) is 0 Å². The minimum Gasteiger partial charge on any atom is -0.467 e. The topological polar surface area (TPSA) is 42.4 Å². The molecule has 28 heavy (non-hydrogen) atoms. The number of likely N-dealkylation sites (tertiary alicyclic amines) is 1. The molecule has 0 aliphatic carbocycles. The number of rotatable bonds is 3. The van der Waals surface area contributed by atoms with E-state index in [1.807, 2.05) is 13.0 Å². The van der Waals surface area contributed by atoms with Crippen LogP contribution < -0.4 is 4.74 Å². The lowest BCUT2D eigenvalue weighted by Crippen LogP contribution is -2.42. The zero-order chi connectivity index (χ0) is 19.8. The predicted octanol–water partition coefficient (Wildman–Crippen LogP) is 4.87. The van der Waals surface area contributed by atoms with Crippen LogP contribution in [0.25, 0.3) is 10.2 Å². The number of hydrogen-bond donors (Lipinski definition) is 0. The van der Waals surface area contributed by atoms with Gasteiger partial charge in [-0.25, -0.2) is 13.8 Å². The standard InChI is InChI=1S/C21H20F2N2O2S/c1-12-6-7-13(2)19-18(12)24-21(28-19)27-14-8-10-25(11-9-14)20(26)17-15(22)4-3-5-16(17)23/h3-7,14H,8-11H2,1-2H3. The zero-order valence-corrected chi connectivity index (χ0v) is 16.5. The maximum Gasteiger partial charge on any atom is 0.274 e. The van der Waals surface area contributed by atoms with E-state index in [4.69, 9.17) is 4.74 Å². The molecule has 7 heteroatoms. The number of aryl methyl sites for hydroxylation is 2. The SMILES string of the molecule is Cc1ccc(C)c2sc(OC3CCN(C(=O)c4c(F)cccc4F)CC3)nc12. The summed E-state index contributed by atoms with van der Waals surface area (Å²) in [5.41, 5.74) is 2.75. The quantitative estimate of drug-likeness (QED) is 0.627. The number of benzene rings is 2. The number of halogens is 2. The lowest BCUT2D eigenvalue weighted by atomic mass is 10.1. The number of ether oxygens (including phenoxy) is 1. The number of amides is 1. The Balaban J connectivity index is 1.43. The second-order valence-corrected chi connectivity index (χ2v) is 8.02. The number of aromatic nitrogens is 1. The van der Waals surface area contributed by atoms with E-state index in [2.05, 4.69) is 18.0 Å². The minimum absolute atomic E-state index is 0.0734. The highest BCUT2D eigenvalue weighted by Crippen LogP contribution is 2.33. The summed E-state index contributed by atoms with van der Waals surface area (Å²) in [6, 6.07) is 7.58. The average molecular weight is 402 g/mol. The fourth-order valence-electron chi connectivity index (χ4n) is 3.47. The van der Waals surface area contributed by atoms with Crippen molar-refractivity contribution in [2.45, 2.75) is 32.8 Å². The van der Waals surface area contributed by atoms with Crippen LogP contribution in [-0.4, -0.2) is 35.0 Å². The molecule has 4 nitrogen and oxygen atoms in total. The molecule has 4 rings (SSSR count). The molecule has 2 aromatic carbocycles. The van der Waals surface area contributed by atoms with Gasteiger partial charge in [-0.1, -0.05) is 29.5 Å². The number of thiazole rings is 1. The zero-order valence-electron chi connectivity index (χ0n) is 15.7. The predicted molar refractivity (Wildman–Crippen MR) is 105 cm³/mol. The van der Waals surface area contributed by atoms with Crippen LogP contribution in [0.15, 0.2) is 30.3 Å². The Hall–Kier alpha value is -2.54. The van der Waals surface area contributed by atoms with Crippen LogP contribution in [-0.2, 0) is 0 Å². The third-order valence-corrected chi connectivity index (χ3v) is 6.18. The van der Waals surface area contributed by atoms with E-state index in [0.29, 0.717) is 31.1 Å². The van der Waals surface area contributed by atoms with Gasteiger partial charge in [0.25, 0.3) is 11.1 Å². The van der Waals surface area contributed by atoms with Gasteiger partial charge in [0.05, 0.1) is 10.2 Å². The number of carbonyl (C=O) groups excluding carboxylic acids is 1. The maximum absolute atomic E-state index is 13.9. The van der Waals surface area contributed by atoms with Gasteiger partial charge in [-0.3, -0.25) is 4.79 Å². The molecule has 1 aliphatic heterocycles. The molecule has 1 saturated heterocycles. The molecular formula is C21H20F2N2O2S. The molecule has 0 unspecified atom stereocenters. The summed E-state index contributed by atoms with van der Waals surface area (Å²) >= 11 is 1.53. The van der Waals surface area contributed by atoms with Gasteiger partial charge in [0, 0.05) is 25.9 Å². The number of hydrogen-bond acceptors (Lipinski definition) is 4. The summed E-state index contributed by atoms with van der Waals surface area (Å²) in [5, 5.41) is 0.623. The molecule has 1 aliphatic rings. The molecule has 2 heterocycles. The van der Waals surface area contributed by atoms with Gasteiger partial charge < -0.3 is 9.64 Å². The first-order chi connectivity index (χ1) is 13.4. The molecule has 1 aromatic heterocycles. The van der Waals surface area contributed by atoms with Crippen molar-refractivity contribution in [3.8, 4) is 5.19 Å². The van der Waals surface area contributed by atoms with E-state index in [9.17, 15) is 13.6 Å². The fraction of sp³-hybridized carbons (Fsp3) is 0.333. The van der Waals surface area contributed by atoms with Crippen LogP contribution in [0.3, 0.4) is 0 Å². The first kappa shape index (κ1) is 18.8. The van der Waals surface area contributed by atoms with Crippen LogP contribution in [0, 0.1) is 25.5 Å². The molecule has 1 amide bonds. The summed E-state index contributed by atoms with van der Waals surface area (Å²) in [6.45, 7) is 4.85. The molecule has 0 N–H and O–H groups in total. The molecule has 0 saturated carbocycles. The Morgan fingerprint density at radius 1 is 1.11 bits per heavy atom. The Morgan fingerprint density at radius 3 is 2.39 bits per heavy atom.